The predicted octanol–water partition coefficient (Wildman–Crippen LogP) is 1.06. The smallest absolute Gasteiger partial charge is 0.154 e. The molecule has 0 aliphatic rings. The first-order chi connectivity index (χ1) is 5.89. The van der Waals surface area contributed by atoms with Crippen LogP contribution in [0.3, 0.4) is 0 Å². The zero-order valence-electron chi connectivity index (χ0n) is 8.97. The minimum absolute atomic E-state index is 0.143. The van der Waals surface area contributed by atoms with E-state index in [9.17, 15) is 4.79 Å². The molecule has 0 heterocycles. The summed E-state index contributed by atoms with van der Waals surface area (Å²) in [6.45, 7) is 6.38. The molecule has 0 aliphatic heterocycles. The lowest BCUT2D eigenvalue weighted by Gasteiger charge is -2.21. The molecule has 0 bridgehead atoms. The van der Waals surface area contributed by atoms with E-state index in [0.717, 1.165) is 19.3 Å². The Balaban J connectivity index is 3.84. The van der Waals surface area contributed by atoms with E-state index in [4.69, 9.17) is 11.5 Å². The molecular weight excluding hydrogens is 164 g/mol. The summed E-state index contributed by atoms with van der Waals surface area (Å²) in [5.74, 6) is 0.143. The highest BCUT2D eigenvalue weighted by Gasteiger charge is 2.26. The van der Waals surface area contributed by atoms with Gasteiger partial charge in [0.2, 0.25) is 0 Å². The van der Waals surface area contributed by atoms with Gasteiger partial charge in [0.15, 0.2) is 5.78 Å². The molecule has 13 heavy (non-hydrogen) atoms. The SMILES string of the molecule is CC(C)(C)C(=O)[C@@H](N)CCCCN. The van der Waals surface area contributed by atoms with Crippen LogP contribution in [0.1, 0.15) is 40.0 Å². The van der Waals surface area contributed by atoms with E-state index in [2.05, 4.69) is 0 Å². The molecule has 0 aromatic rings. The largest absolute Gasteiger partial charge is 0.330 e. The highest BCUT2D eigenvalue weighted by Crippen LogP contribution is 2.17. The molecule has 1 atom stereocenters. The van der Waals surface area contributed by atoms with Crippen molar-refractivity contribution in [3.8, 4) is 0 Å². The number of Topliss-reactive ketones (excluding diaryl/α,β-unsaturated/α-hetero) is 1. The van der Waals surface area contributed by atoms with Crippen molar-refractivity contribution in [2.24, 2.45) is 16.9 Å². The minimum atomic E-state index is -0.317. The van der Waals surface area contributed by atoms with Crippen LogP contribution in [-0.4, -0.2) is 18.4 Å². The maximum absolute atomic E-state index is 11.6. The Morgan fingerprint density at radius 1 is 1.31 bits per heavy atom. The Morgan fingerprint density at radius 2 is 1.85 bits per heavy atom. The maximum Gasteiger partial charge on any atom is 0.154 e. The number of rotatable bonds is 5. The molecule has 78 valence electrons. The average Bonchev–Trinajstić information content (AvgIpc) is 2.01. The average molecular weight is 186 g/mol. The molecule has 0 saturated carbocycles. The fraction of sp³-hybridized carbons (Fsp3) is 0.900. The van der Waals surface area contributed by atoms with E-state index in [1.165, 1.54) is 0 Å². The Morgan fingerprint density at radius 3 is 2.23 bits per heavy atom. The van der Waals surface area contributed by atoms with Crippen LogP contribution in [0.2, 0.25) is 0 Å². The molecule has 0 aromatic heterocycles. The summed E-state index contributed by atoms with van der Waals surface area (Å²) in [6, 6.07) is -0.313. The van der Waals surface area contributed by atoms with Crippen molar-refractivity contribution in [3.05, 3.63) is 0 Å². The summed E-state index contributed by atoms with van der Waals surface area (Å²) in [4.78, 5) is 11.6. The zero-order valence-corrected chi connectivity index (χ0v) is 8.97. The molecule has 0 aromatic carbocycles. The summed E-state index contributed by atoms with van der Waals surface area (Å²) >= 11 is 0. The number of hydrogen-bond donors (Lipinski definition) is 2. The van der Waals surface area contributed by atoms with Crippen molar-refractivity contribution in [1.29, 1.82) is 0 Å². The molecule has 0 fully saturated rings. The van der Waals surface area contributed by atoms with Gasteiger partial charge < -0.3 is 11.5 Å². The van der Waals surface area contributed by atoms with Gasteiger partial charge in [0, 0.05) is 5.41 Å². The number of ketones is 1. The molecule has 4 N–H and O–H groups in total. The van der Waals surface area contributed by atoms with Crippen molar-refractivity contribution < 1.29 is 4.79 Å². The zero-order chi connectivity index (χ0) is 10.5. The number of nitrogens with two attached hydrogens (primary N) is 2. The topological polar surface area (TPSA) is 69.1 Å². The van der Waals surface area contributed by atoms with Crippen LogP contribution >= 0.6 is 0 Å². The van der Waals surface area contributed by atoms with Gasteiger partial charge in [-0.05, 0) is 19.4 Å². The molecule has 0 spiro atoms. The summed E-state index contributed by atoms with van der Waals surface area (Å²) < 4.78 is 0. The summed E-state index contributed by atoms with van der Waals surface area (Å²) in [5.41, 5.74) is 10.8. The van der Waals surface area contributed by atoms with Crippen molar-refractivity contribution in [1.82, 2.24) is 0 Å². The van der Waals surface area contributed by atoms with Gasteiger partial charge in [-0.1, -0.05) is 27.2 Å². The van der Waals surface area contributed by atoms with Crippen LogP contribution in [0, 0.1) is 5.41 Å². The fourth-order valence-electron chi connectivity index (χ4n) is 1.20. The van der Waals surface area contributed by atoms with E-state index < -0.39 is 0 Å². The Labute approximate surface area is 80.9 Å². The van der Waals surface area contributed by atoms with Gasteiger partial charge in [0.05, 0.1) is 6.04 Å². The van der Waals surface area contributed by atoms with Gasteiger partial charge in [0.25, 0.3) is 0 Å². The van der Waals surface area contributed by atoms with E-state index in [-0.39, 0.29) is 17.2 Å². The lowest BCUT2D eigenvalue weighted by Crippen LogP contribution is -2.38. The highest BCUT2D eigenvalue weighted by molar-refractivity contribution is 5.88. The van der Waals surface area contributed by atoms with Crippen molar-refractivity contribution in [3.63, 3.8) is 0 Å². The molecule has 0 aliphatic carbocycles. The van der Waals surface area contributed by atoms with Crippen LogP contribution in [0.15, 0.2) is 0 Å². The summed E-state index contributed by atoms with van der Waals surface area (Å²) in [7, 11) is 0. The maximum atomic E-state index is 11.6. The third-order valence-electron chi connectivity index (χ3n) is 2.05. The molecule has 0 saturated heterocycles. The van der Waals surface area contributed by atoms with Crippen LogP contribution in [0.25, 0.3) is 0 Å². The van der Waals surface area contributed by atoms with Crippen LogP contribution in [0.5, 0.6) is 0 Å². The Bertz CT molecular complexity index is 161. The van der Waals surface area contributed by atoms with E-state index >= 15 is 0 Å². The van der Waals surface area contributed by atoms with Crippen LogP contribution < -0.4 is 11.5 Å². The van der Waals surface area contributed by atoms with Gasteiger partial charge in [-0.3, -0.25) is 4.79 Å². The van der Waals surface area contributed by atoms with Crippen molar-refractivity contribution in [2.45, 2.75) is 46.1 Å². The van der Waals surface area contributed by atoms with Crippen molar-refractivity contribution >= 4 is 5.78 Å². The number of unbranched alkanes of at least 4 members (excludes halogenated alkanes) is 1. The number of carbonyl (C=O) groups excluding carboxylic acids is 1. The van der Waals surface area contributed by atoms with Gasteiger partial charge in [-0.25, -0.2) is 0 Å². The molecule has 0 amide bonds. The molecule has 0 radical (unpaired) electrons. The van der Waals surface area contributed by atoms with Crippen LogP contribution in [-0.2, 0) is 4.79 Å². The normalized spacial score (nSPS) is 14.2. The quantitative estimate of drug-likeness (QED) is 0.631. The fourth-order valence-corrected chi connectivity index (χ4v) is 1.20. The number of hydrogen-bond acceptors (Lipinski definition) is 3. The highest BCUT2D eigenvalue weighted by atomic mass is 16.1. The third-order valence-corrected chi connectivity index (χ3v) is 2.05. The van der Waals surface area contributed by atoms with E-state index in [1.807, 2.05) is 20.8 Å². The monoisotopic (exact) mass is 186 g/mol. The molecule has 3 nitrogen and oxygen atoms in total. The second-order valence-electron chi connectivity index (χ2n) is 4.51. The van der Waals surface area contributed by atoms with Gasteiger partial charge in [-0.15, -0.1) is 0 Å². The first-order valence-corrected chi connectivity index (χ1v) is 4.89. The lowest BCUT2D eigenvalue weighted by molar-refractivity contribution is -0.127. The Kier molecular flexibility index (Phi) is 5.18. The summed E-state index contributed by atoms with van der Waals surface area (Å²) in [6.07, 6.45) is 2.65. The van der Waals surface area contributed by atoms with Crippen molar-refractivity contribution in [2.75, 3.05) is 6.54 Å². The first-order valence-electron chi connectivity index (χ1n) is 4.89. The first kappa shape index (κ1) is 12.6. The van der Waals surface area contributed by atoms with Crippen LogP contribution in [0.4, 0.5) is 0 Å². The van der Waals surface area contributed by atoms with Gasteiger partial charge >= 0.3 is 0 Å². The Hall–Kier alpha value is -0.410. The predicted molar refractivity (Wildman–Crippen MR) is 55.3 cm³/mol. The molecule has 3 heteroatoms. The van der Waals surface area contributed by atoms with Gasteiger partial charge in [-0.2, -0.15) is 0 Å². The van der Waals surface area contributed by atoms with Gasteiger partial charge in [0.1, 0.15) is 0 Å². The number of carbonyl (C=O) groups is 1. The second-order valence-corrected chi connectivity index (χ2v) is 4.51. The standard InChI is InChI=1S/C10H22N2O/c1-10(2,3)9(13)8(12)6-4-5-7-11/h8H,4-7,11-12H2,1-3H3/t8-/m0/s1. The van der Waals surface area contributed by atoms with E-state index in [0.29, 0.717) is 6.54 Å². The minimum Gasteiger partial charge on any atom is -0.330 e. The molecule has 0 unspecified atom stereocenters. The molecule has 0 rings (SSSR count). The lowest BCUT2D eigenvalue weighted by atomic mass is 9.85. The van der Waals surface area contributed by atoms with E-state index in [1.54, 1.807) is 0 Å². The second kappa shape index (κ2) is 5.35. The third kappa shape index (κ3) is 5.01. The molecular formula is C10H22N2O. The summed E-state index contributed by atoms with van der Waals surface area (Å²) in [5, 5.41) is 0.